The van der Waals surface area contributed by atoms with Gasteiger partial charge >= 0.3 is 0 Å². The molecule has 0 aromatic heterocycles. The standard InChI is InChI=1S/C26H35Cl2N3O4S/c1-6-18(4)29-26(33)24(8-3)30(16-20-11-12-21(27)15-23(20)28)25(32)17-31(36(5,34)35)22-13-9-19(7-2)10-14-22/h9-15,18,24H,6-8,16-17H2,1-5H3,(H,29,33)/t18-,24+/m0/s1. The number of sulfonamides is 1. The first-order valence-corrected chi connectivity index (χ1v) is 14.6. The molecule has 7 nitrogen and oxygen atoms in total. The smallest absolute Gasteiger partial charge is 0.244 e. The Bertz CT molecular complexity index is 1160. The highest BCUT2D eigenvalue weighted by Crippen LogP contribution is 2.25. The third-order valence-corrected chi connectivity index (χ3v) is 7.78. The highest BCUT2D eigenvalue weighted by atomic mass is 35.5. The minimum Gasteiger partial charge on any atom is -0.352 e. The fourth-order valence-electron chi connectivity index (χ4n) is 3.71. The van der Waals surface area contributed by atoms with Gasteiger partial charge in [-0.3, -0.25) is 13.9 Å². The van der Waals surface area contributed by atoms with Crippen LogP contribution >= 0.6 is 23.2 Å². The molecule has 0 unspecified atom stereocenters. The lowest BCUT2D eigenvalue weighted by Gasteiger charge is -2.33. The minimum atomic E-state index is -3.79. The van der Waals surface area contributed by atoms with Gasteiger partial charge in [0.15, 0.2) is 0 Å². The van der Waals surface area contributed by atoms with Crippen molar-refractivity contribution in [3.8, 4) is 0 Å². The van der Waals surface area contributed by atoms with Crippen LogP contribution in [0.5, 0.6) is 0 Å². The van der Waals surface area contributed by atoms with Gasteiger partial charge < -0.3 is 10.2 Å². The normalized spacial score (nSPS) is 13.1. The maximum Gasteiger partial charge on any atom is 0.244 e. The molecular formula is C26H35Cl2N3O4S. The molecule has 198 valence electrons. The summed E-state index contributed by atoms with van der Waals surface area (Å²) in [5.41, 5.74) is 2.03. The van der Waals surface area contributed by atoms with E-state index in [1.165, 1.54) is 4.90 Å². The molecule has 36 heavy (non-hydrogen) atoms. The van der Waals surface area contributed by atoms with E-state index in [4.69, 9.17) is 23.2 Å². The predicted molar refractivity (Wildman–Crippen MR) is 147 cm³/mol. The van der Waals surface area contributed by atoms with Gasteiger partial charge in [-0.2, -0.15) is 0 Å². The molecular weight excluding hydrogens is 521 g/mol. The summed E-state index contributed by atoms with van der Waals surface area (Å²) in [6.45, 7) is 7.22. The van der Waals surface area contributed by atoms with Crippen LogP contribution in [0.15, 0.2) is 42.5 Å². The quantitative estimate of drug-likeness (QED) is 0.397. The Morgan fingerprint density at radius 1 is 1.00 bits per heavy atom. The summed E-state index contributed by atoms with van der Waals surface area (Å²) in [7, 11) is -3.79. The van der Waals surface area contributed by atoms with E-state index in [1.807, 2.05) is 39.8 Å². The van der Waals surface area contributed by atoms with E-state index < -0.39 is 28.5 Å². The first-order valence-electron chi connectivity index (χ1n) is 12.0. The van der Waals surface area contributed by atoms with Crippen LogP contribution in [0, 0.1) is 0 Å². The first-order chi connectivity index (χ1) is 16.9. The lowest BCUT2D eigenvalue weighted by atomic mass is 10.1. The van der Waals surface area contributed by atoms with Gasteiger partial charge in [0.05, 0.1) is 11.9 Å². The maximum absolute atomic E-state index is 13.7. The van der Waals surface area contributed by atoms with Gasteiger partial charge in [-0.05, 0) is 61.6 Å². The molecule has 10 heteroatoms. The van der Waals surface area contributed by atoms with Crippen molar-refractivity contribution in [2.24, 2.45) is 0 Å². The molecule has 0 bridgehead atoms. The molecule has 2 amide bonds. The van der Waals surface area contributed by atoms with E-state index in [-0.39, 0.29) is 18.5 Å². The van der Waals surface area contributed by atoms with Gasteiger partial charge in [-0.15, -0.1) is 0 Å². The Morgan fingerprint density at radius 2 is 1.64 bits per heavy atom. The largest absolute Gasteiger partial charge is 0.352 e. The number of amides is 2. The SMILES string of the molecule is CCc1ccc(N(CC(=O)N(Cc2ccc(Cl)cc2Cl)[C@H](CC)C(=O)N[C@@H](C)CC)S(C)(=O)=O)cc1. The van der Waals surface area contributed by atoms with Crippen LogP contribution in [-0.4, -0.2) is 50.0 Å². The Kier molecular flexibility index (Phi) is 11.1. The molecule has 0 spiro atoms. The number of hydrogen-bond acceptors (Lipinski definition) is 4. The highest BCUT2D eigenvalue weighted by Gasteiger charge is 2.32. The maximum atomic E-state index is 13.7. The molecule has 0 saturated carbocycles. The summed E-state index contributed by atoms with van der Waals surface area (Å²) >= 11 is 12.4. The monoisotopic (exact) mass is 555 g/mol. The zero-order valence-electron chi connectivity index (χ0n) is 21.4. The molecule has 2 aromatic rings. The zero-order valence-corrected chi connectivity index (χ0v) is 23.8. The number of halogens is 2. The van der Waals surface area contributed by atoms with Crippen molar-refractivity contribution >= 4 is 50.7 Å². The number of nitrogens with one attached hydrogen (secondary N) is 1. The fraction of sp³-hybridized carbons (Fsp3) is 0.462. The van der Waals surface area contributed by atoms with E-state index in [0.717, 1.165) is 29.0 Å². The Morgan fingerprint density at radius 3 is 2.14 bits per heavy atom. The van der Waals surface area contributed by atoms with Crippen LogP contribution in [0.4, 0.5) is 5.69 Å². The molecule has 2 aromatic carbocycles. The van der Waals surface area contributed by atoms with Crippen molar-refractivity contribution in [1.82, 2.24) is 10.2 Å². The zero-order chi connectivity index (χ0) is 27.0. The third kappa shape index (κ3) is 8.11. The van der Waals surface area contributed by atoms with Crippen LogP contribution in [0.25, 0.3) is 0 Å². The van der Waals surface area contributed by atoms with Crippen molar-refractivity contribution in [1.29, 1.82) is 0 Å². The van der Waals surface area contributed by atoms with Crippen LogP contribution in [-0.2, 0) is 32.6 Å². The lowest BCUT2D eigenvalue weighted by molar-refractivity contribution is -0.140. The average Bonchev–Trinajstić information content (AvgIpc) is 2.82. The summed E-state index contributed by atoms with van der Waals surface area (Å²) in [6.07, 6.45) is 2.93. The van der Waals surface area contributed by atoms with Crippen molar-refractivity contribution in [2.75, 3.05) is 17.1 Å². The molecule has 1 N–H and O–H groups in total. The van der Waals surface area contributed by atoms with E-state index in [2.05, 4.69) is 5.32 Å². The van der Waals surface area contributed by atoms with Gasteiger partial charge in [-0.1, -0.05) is 62.2 Å². The number of hydrogen-bond donors (Lipinski definition) is 1. The molecule has 0 aliphatic carbocycles. The number of rotatable bonds is 12. The second-order valence-corrected chi connectivity index (χ2v) is 11.5. The number of aryl methyl sites for hydroxylation is 1. The minimum absolute atomic E-state index is 0.0215. The number of benzene rings is 2. The molecule has 0 fully saturated rings. The number of nitrogens with zero attached hydrogens (tertiary/aromatic N) is 2. The molecule has 0 saturated heterocycles. The third-order valence-electron chi connectivity index (χ3n) is 6.05. The highest BCUT2D eigenvalue weighted by molar-refractivity contribution is 7.92. The summed E-state index contributed by atoms with van der Waals surface area (Å²) in [4.78, 5) is 28.3. The van der Waals surface area contributed by atoms with E-state index >= 15 is 0 Å². The molecule has 0 aliphatic heterocycles. The summed E-state index contributed by atoms with van der Waals surface area (Å²) in [6, 6.07) is 11.1. The average molecular weight is 557 g/mol. The van der Waals surface area contributed by atoms with Crippen LogP contribution in [0.1, 0.15) is 51.7 Å². The van der Waals surface area contributed by atoms with Crippen molar-refractivity contribution < 1.29 is 18.0 Å². The van der Waals surface area contributed by atoms with Gasteiger partial charge in [0.25, 0.3) is 0 Å². The lowest BCUT2D eigenvalue weighted by Crippen LogP contribution is -2.53. The van der Waals surface area contributed by atoms with Gasteiger partial charge in [-0.25, -0.2) is 8.42 Å². The first kappa shape index (κ1) is 29.9. The molecule has 0 radical (unpaired) electrons. The van der Waals surface area contributed by atoms with Crippen LogP contribution < -0.4 is 9.62 Å². The number of anilines is 1. The second-order valence-electron chi connectivity index (χ2n) is 8.79. The summed E-state index contributed by atoms with van der Waals surface area (Å²) in [5, 5.41) is 3.74. The van der Waals surface area contributed by atoms with Crippen molar-refractivity contribution in [3.05, 3.63) is 63.6 Å². The Balaban J connectivity index is 2.46. The van der Waals surface area contributed by atoms with E-state index in [1.54, 1.807) is 30.3 Å². The predicted octanol–water partition coefficient (Wildman–Crippen LogP) is 5.04. The Hall–Kier alpha value is -2.29. The number of carbonyl (C=O) groups is 2. The van der Waals surface area contributed by atoms with E-state index in [0.29, 0.717) is 27.7 Å². The van der Waals surface area contributed by atoms with Crippen molar-refractivity contribution in [3.63, 3.8) is 0 Å². The molecule has 0 aliphatic rings. The van der Waals surface area contributed by atoms with Crippen LogP contribution in [0.3, 0.4) is 0 Å². The van der Waals surface area contributed by atoms with Crippen LogP contribution in [0.2, 0.25) is 10.0 Å². The topological polar surface area (TPSA) is 86.8 Å². The van der Waals surface area contributed by atoms with Gasteiger partial charge in [0.1, 0.15) is 12.6 Å². The molecule has 2 atom stereocenters. The Labute approximate surface area is 224 Å². The van der Waals surface area contributed by atoms with Gasteiger partial charge in [0.2, 0.25) is 21.8 Å². The molecule has 2 rings (SSSR count). The molecule has 0 heterocycles. The summed E-state index contributed by atoms with van der Waals surface area (Å²) in [5.74, 6) is -0.819. The number of carbonyl (C=O) groups excluding carboxylic acids is 2. The fourth-order valence-corrected chi connectivity index (χ4v) is 5.02. The van der Waals surface area contributed by atoms with Gasteiger partial charge in [0, 0.05) is 22.6 Å². The summed E-state index contributed by atoms with van der Waals surface area (Å²) < 4.78 is 26.4. The second kappa shape index (κ2) is 13.3. The van der Waals surface area contributed by atoms with Crippen molar-refractivity contribution in [2.45, 2.75) is 65.6 Å². The van der Waals surface area contributed by atoms with E-state index in [9.17, 15) is 18.0 Å².